The molecule has 2 atom stereocenters. The van der Waals surface area contributed by atoms with Gasteiger partial charge >= 0.3 is 5.97 Å². The zero-order valence-corrected chi connectivity index (χ0v) is 10.00. The standard InChI is InChI=1S/C12H15NO2.ClH/c1-9-7-11(12(14)15-9)13-8-10-5-3-2-4-6-10;/h2-6,9,11,13H,7-8H2,1H3;1H. The first-order chi connectivity index (χ1) is 7.25. The van der Waals surface area contributed by atoms with Gasteiger partial charge in [0.15, 0.2) is 0 Å². The molecular formula is C12H16ClNO2. The molecule has 0 aromatic heterocycles. The van der Waals surface area contributed by atoms with Crippen LogP contribution in [0.15, 0.2) is 30.3 Å². The van der Waals surface area contributed by atoms with Gasteiger partial charge < -0.3 is 10.1 Å². The molecule has 0 bridgehead atoms. The van der Waals surface area contributed by atoms with E-state index in [1.54, 1.807) is 0 Å². The fourth-order valence-electron chi connectivity index (χ4n) is 1.76. The molecule has 1 heterocycles. The highest BCUT2D eigenvalue weighted by Gasteiger charge is 2.30. The Labute approximate surface area is 102 Å². The molecule has 1 aliphatic rings. The van der Waals surface area contributed by atoms with Gasteiger partial charge in [0.05, 0.1) is 0 Å². The molecule has 0 radical (unpaired) electrons. The SMILES string of the molecule is CC1CC(NCc2ccccc2)C(=O)O1.Cl. The average molecular weight is 242 g/mol. The van der Waals surface area contributed by atoms with E-state index in [1.165, 1.54) is 5.56 Å². The number of rotatable bonds is 3. The van der Waals surface area contributed by atoms with E-state index in [4.69, 9.17) is 4.74 Å². The minimum absolute atomic E-state index is 0. The van der Waals surface area contributed by atoms with Crippen molar-refractivity contribution in [3.63, 3.8) is 0 Å². The monoisotopic (exact) mass is 241 g/mol. The third kappa shape index (κ3) is 3.22. The summed E-state index contributed by atoms with van der Waals surface area (Å²) in [6.45, 7) is 2.63. The van der Waals surface area contributed by atoms with Crippen LogP contribution in [0, 0.1) is 0 Å². The zero-order chi connectivity index (χ0) is 10.7. The molecule has 2 rings (SSSR count). The Kier molecular flexibility index (Phi) is 4.77. The van der Waals surface area contributed by atoms with Crippen molar-refractivity contribution in [2.45, 2.75) is 32.0 Å². The quantitative estimate of drug-likeness (QED) is 0.822. The van der Waals surface area contributed by atoms with Gasteiger partial charge in [0.2, 0.25) is 0 Å². The topological polar surface area (TPSA) is 38.3 Å². The first kappa shape index (κ1) is 13.0. The highest BCUT2D eigenvalue weighted by atomic mass is 35.5. The number of carbonyl (C=O) groups is 1. The van der Waals surface area contributed by atoms with Gasteiger partial charge in [0.25, 0.3) is 0 Å². The summed E-state index contributed by atoms with van der Waals surface area (Å²) in [5.41, 5.74) is 1.19. The van der Waals surface area contributed by atoms with Crippen molar-refractivity contribution in [3.05, 3.63) is 35.9 Å². The molecule has 1 aromatic rings. The maximum absolute atomic E-state index is 11.3. The van der Waals surface area contributed by atoms with Gasteiger partial charge in [-0.1, -0.05) is 30.3 Å². The Morgan fingerprint density at radius 1 is 1.38 bits per heavy atom. The van der Waals surface area contributed by atoms with Gasteiger partial charge in [0, 0.05) is 13.0 Å². The third-order valence-electron chi connectivity index (χ3n) is 2.56. The smallest absolute Gasteiger partial charge is 0.323 e. The van der Waals surface area contributed by atoms with E-state index in [1.807, 2.05) is 37.3 Å². The molecule has 1 fully saturated rings. The van der Waals surface area contributed by atoms with E-state index < -0.39 is 0 Å². The molecule has 0 aliphatic carbocycles. The molecule has 1 saturated heterocycles. The molecule has 0 amide bonds. The van der Waals surface area contributed by atoms with Crippen LogP contribution in [-0.4, -0.2) is 18.1 Å². The lowest BCUT2D eigenvalue weighted by atomic mass is 10.1. The lowest BCUT2D eigenvalue weighted by Crippen LogP contribution is -2.32. The van der Waals surface area contributed by atoms with E-state index >= 15 is 0 Å². The number of nitrogens with one attached hydrogen (secondary N) is 1. The Morgan fingerprint density at radius 3 is 2.62 bits per heavy atom. The molecule has 16 heavy (non-hydrogen) atoms. The molecular weight excluding hydrogens is 226 g/mol. The van der Waals surface area contributed by atoms with Crippen molar-refractivity contribution in [2.24, 2.45) is 0 Å². The summed E-state index contributed by atoms with van der Waals surface area (Å²) in [6, 6.07) is 9.91. The van der Waals surface area contributed by atoms with Crippen LogP contribution in [0.25, 0.3) is 0 Å². The Morgan fingerprint density at radius 2 is 2.06 bits per heavy atom. The van der Waals surface area contributed by atoms with Crippen LogP contribution in [0.3, 0.4) is 0 Å². The first-order valence-corrected chi connectivity index (χ1v) is 5.23. The lowest BCUT2D eigenvalue weighted by molar-refractivity contribution is -0.142. The summed E-state index contributed by atoms with van der Waals surface area (Å²) in [7, 11) is 0. The van der Waals surface area contributed by atoms with E-state index in [-0.39, 0.29) is 30.5 Å². The van der Waals surface area contributed by atoms with Gasteiger partial charge in [0.1, 0.15) is 12.1 Å². The second-order valence-electron chi connectivity index (χ2n) is 3.90. The van der Waals surface area contributed by atoms with Gasteiger partial charge in [-0.05, 0) is 12.5 Å². The maximum atomic E-state index is 11.3. The second-order valence-corrected chi connectivity index (χ2v) is 3.90. The molecule has 1 aromatic carbocycles. The van der Waals surface area contributed by atoms with Gasteiger partial charge in [-0.3, -0.25) is 4.79 Å². The summed E-state index contributed by atoms with van der Waals surface area (Å²) in [5, 5.41) is 3.20. The first-order valence-electron chi connectivity index (χ1n) is 5.23. The van der Waals surface area contributed by atoms with E-state index in [2.05, 4.69) is 5.32 Å². The lowest BCUT2D eigenvalue weighted by Gasteiger charge is -2.08. The van der Waals surface area contributed by atoms with Crippen LogP contribution in [0.1, 0.15) is 18.9 Å². The number of carbonyl (C=O) groups excluding carboxylic acids is 1. The summed E-state index contributed by atoms with van der Waals surface area (Å²) in [6.07, 6.45) is 0.817. The van der Waals surface area contributed by atoms with Crippen LogP contribution in [0.4, 0.5) is 0 Å². The van der Waals surface area contributed by atoms with Crippen LogP contribution >= 0.6 is 12.4 Å². The molecule has 0 saturated carbocycles. The van der Waals surface area contributed by atoms with E-state index in [0.717, 1.165) is 6.42 Å². The van der Waals surface area contributed by atoms with Crippen molar-refractivity contribution in [1.29, 1.82) is 0 Å². The minimum Gasteiger partial charge on any atom is -0.461 e. The Balaban J connectivity index is 0.00000128. The largest absolute Gasteiger partial charge is 0.461 e. The van der Waals surface area contributed by atoms with E-state index in [0.29, 0.717) is 6.54 Å². The second kappa shape index (κ2) is 5.87. The number of esters is 1. The van der Waals surface area contributed by atoms with Gasteiger partial charge in [-0.15, -0.1) is 12.4 Å². The summed E-state index contributed by atoms with van der Waals surface area (Å²) >= 11 is 0. The van der Waals surface area contributed by atoms with Crippen molar-refractivity contribution in [3.8, 4) is 0 Å². The van der Waals surface area contributed by atoms with Crippen molar-refractivity contribution < 1.29 is 9.53 Å². The highest BCUT2D eigenvalue weighted by Crippen LogP contribution is 2.14. The minimum atomic E-state index is -0.139. The van der Waals surface area contributed by atoms with Crippen molar-refractivity contribution in [2.75, 3.05) is 0 Å². The van der Waals surface area contributed by atoms with Crippen LogP contribution < -0.4 is 5.32 Å². The Bertz CT molecular complexity index is 342. The van der Waals surface area contributed by atoms with Gasteiger partial charge in [-0.25, -0.2) is 0 Å². The van der Waals surface area contributed by atoms with Crippen LogP contribution in [0.5, 0.6) is 0 Å². The number of cyclic esters (lactones) is 1. The van der Waals surface area contributed by atoms with Gasteiger partial charge in [-0.2, -0.15) is 0 Å². The van der Waals surface area contributed by atoms with Crippen molar-refractivity contribution in [1.82, 2.24) is 5.32 Å². The zero-order valence-electron chi connectivity index (χ0n) is 9.18. The fourth-order valence-corrected chi connectivity index (χ4v) is 1.76. The predicted octanol–water partition coefficient (Wildman–Crippen LogP) is 1.90. The highest BCUT2D eigenvalue weighted by molar-refractivity contribution is 5.85. The van der Waals surface area contributed by atoms with Crippen LogP contribution in [0.2, 0.25) is 0 Å². The molecule has 88 valence electrons. The summed E-state index contributed by atoms with van der Waals surface area (Å²) in [5.74, 6) is -0.126. The summed E-state index contributed by atoms with van der Waals surface area (Å²) < 4.78 is 5.06. The number of ether oxygens (including phenoxy) is 1. The van der Waals surface area contributed by atoms with Crippen molar-refractivity contribution >= 4 is 18.4 Å². The van der Waals surface area contributed by atoms with E-state index in [9.17, 15) is 4.79 Å². The number of hydrogen-bond donors (Lipinski definition) is 1. The molecule has 1 aliphatic heterocycles. The fraction of sp³-hybridized carbons (Fsp3) is 0.417. The normalized spacial score (nSPS) is 23.7. The third-order valence-corrected chi connectivity index (χ3v) is 2.56. The molecule has 0 spiro atoms. The number of halogens is 1. The summed E-state index contributed by atoms with van der Waals surface area (Å²) in [4.78, 5) is 11.3. The molecule has 2 unspecified atom stereocenters. The molecule has 3 nitrogen and oxygen atoms in total. The number of benzene rings is 1. The molecule has 4 heteroatoms. The number of hydrogen-bond acceptors (Lipinski definition) is 3. The average Bonchev–Trinajstić information content (AvgIpc) is 2.56. The Hall–Kier alpha value is -1.06. The maximum Gasteiger partial charge on any atom is 0.323 e. The predicted molar refractivity (Wildman–Crippen MR) is 64.5 cm³/mol. The molecule has 1 N–H and O–H groups in total. The van der Waals surface area contributed by atoms with Crippen LogP contribution in [-0.2, 0) is 16.1 Å².